The van der Waals surface area contributed by atoms with E-state index in [1.165, 1.54) is 41.3 Å². The molecule has 0 atom stereocenters. The zero-order valence-corrected chi connectivity index (χ0v) is 14.8. The number of aryl methyl sites for hydroxylation is 1. The number of nitro benzene ring substituents is 2. The summed E-state index contributed by atoms with van der Waals surface area (Å²) in [6.45, 7) is 1.57. The van der Waals surface area contributed by atoms with Gasteiger partial charge in [-0.15, -0.1) is 0 Å². The van der Waals surface area contributed by atoms with Gasteiger partial charge in [-0.1, -0.05) is 36.4 Å². The summed E-state index contributed by atoms with van der Waals surface area (Å²) in [6, 6.07) is 18.4. The molecule has 3 aromatic carbocycles. The van der Waals surface area contributed by atoms with Gasteiger partial charge < -0.3 is 0 Å². The summed E-state index contributed by atoms with van der Waals surface area (Å²) in [5.41, 5.74) is 0.512. The number of anilines is 2. The summed E-state index contributed by atoms with van der Waals surface area (Å²) in [4.78, 5) is 36.1. The number of hydrogen-bond acceptors (Lipinski definition) is 5. The quantitative estimate of drug-likeness (QED) is 0.469. The zero-order chi connectivity index (χ0) is 20.3. The van der Waals surface area contributed by atoms with Crippen LogP contribution in [0.5, 0.6) is 0 Å². The van der Waals surface area contributed by atoms with Crippen LogP contribution in [-0.4, -0.2) is 15.8 Å². The smallest absolute Gasteiger partial charge is 0.270 e. The first-order valence-electron chi connectivity index (χ1n) is 8.28. The molecule has 1 amide bonds. The van der Waals surface area contributed by atoms with Gasteiger partial charge in [-0.25, -0.2) is 0 Å². The summed E-state index contributed by atoms with van der Waals surface area (Å²) in [6.07, 6.45) is 0. The van der Waals surface area contributed by atoms with Crippen molar-refractivity contribution < 1.29 is 14.6 Å². The molecule has 8 heteroatoms. The molecular weight excluding hydrogens is 362 g/mol. The summed E-state index contributed by atoms with van der Waals surface area (Å²) >= 11 is 0. The van der Waals surface area contributed by atoms with Crippen LogP contribution in [0, 0.1) is 27.2 Å². The molecule has 8 nitrogen and oxygen atoms in total. The largest absolute Gasteiger partial charge is 0.293 e. The Bertz CT molecular complexity index is 1070. The fourth-order valence-corrected chi connectivity index (χ4v) is 2.82. The van der Waals surface area contributed by atoms with E-state index in [2.05, 4.69) is 0 Å². The molecule has 0 fully saturated rings. The summed E-state index contributed by atoms with van der Waals surface area (Å²) in [5.74, 6) is -0.608. The van der Waals surface area contributed by atoms with Crippen LogP contribution in [0.15, 0.2) is 72.8 Å². The number of carbonyl (C=O) groups excluding carboxylic acids is 1. The number of benzene rings is 3. The molecule has 0 aliphatic rings. The molecule has 0 N–H and O–H groups in total. The monoisotopic (exact) mass is 377 g/mol. The molecule has 0 radical (unpaired) electrons. The molecule has 0 aromatic heterocycles. The number of rotatable bonds is 5. The van der Waals surface area contributed by atoms with Crippen LogP contribution < -0.4 is 4.90 Å². The van der Waals surface area contributed by atoms with E-state index in [0.29, 0.717) is 11.3 Å². The third kappa shape index (κ3) is 3.56. The molecule has 0 aliphatic carbocycles. The van der Waals surface area contributed by atoms with Gasteiger partial charge in [0.1, 0.15) is 5.69 Å². The van der Waals surface area contributed by atoms with E-state index in [1.54, 1.807) is 43.3 Å². The van der Waals surface area contributed by atoms with Crippen molar-refractivity contribution >= 4 is 28.7 Å². The normalized spacial score (nSPS) is 10.3. The minimum absolute atomic E-state index is 0.0549. The molecule has 0 saturated heterocycles. The summed E-state index contributed by atoms with van der Waals surface area (Å²) in [7, 11) is 0. The molecule has 0 unspecified atom stereocenters. The Morgan fingerprint density at radius 2 is 1.43 bits per heavy atom. The topological polar surface area (TPSA) is 107 Å². The first-order chi connectivity index (χ1) is 13.4. The predicted molar refractivity (Wildman–Crippen MR) is 104 cm³/mol. The maximum Gasteiger partial charge on any atom is 0.293 e. The highest BCUT2D eigenvalue weighted by Crippen LogP contribution is 2.35. The van der Waals surface area contributed by atoms with Crippen molar-refractivity contribution in [3.8, 4) is 0 Å². The van der Waals surface area contributed by atoms with E-state index in [0.717, 1.165) is 0 Å². The highest BCUT2D eigenvalue weighted by Gasteiger charge is 2.27. The van der Waals surface area contributed by atoms with E-state index < -0.39 is 15.8 Å². The second-order valence-electron chi connectivity index (χ2n) is 5.98. The predicted octanol–water partition coefficient (Wildman–Crippen LogP) is 4.79. The number of carbonyl (C=O) groups is 1. The van der Waals surface area contributed by atoms with E-state index in [1.807, 2.05) is 0 Å². The van der Waals surface area contributed by atoms with Gasteiger partial charge >= 0.3 is 0 Å². The minimum atomic E-state index is -0.608. The Kier molecular flexibility index (Phi) is 5.12. The van der Waals surface area contributed by atoms with E-state index in [-0.39, 0.29) is 22.6 Å². The van der Waals surface area contributed by atoms with Gasteiger partial charge in [-0.2, -0.15) is 0 Å². The van der Waals surface area contributed by atoms with E-state index in [9.17, 15) is 25.0 Å². The molecule has 0 aliphatic heterocycles. The highest BCUT2D eigenvalue weighted by molar-refractivity contribution is 6.12. The van der Waals surface area contributed by atoms with Crippen molar-refractivity contribution in [2.75, 3.05) is 4.90 Å². The number of nitro groups is 2. The molecule has 0 bridgehead atoms. The molecule has 3 aromatic rings. The lowest BCUT2D eigenvalue weighted by atomic mass is 10.1. The summed E-state index contributed by atoms with van der Waals surface area (Å²) in [5, 5.41) is 22.7. The van der Waals surface area contributed by atoms with Crippen molar-refractivity contribution in [1.29, 1.82) is 0 Å². The van der Waals surface area contributed by atoms with Crippen molar-refractivity contribution in [2.45, 2.75) is 6.92 Å². The Balaban J connectivity index is 2.19. The molecule has 3 rings (SSSR count). The van der Waals surface area contributed by atoms with Crippen LogP contribution in [0.4, 0.5) is 22.7 Å². The van der Waals surface area contributed by atoms with E-state index in [4.69, 9.17) is 0 Å². The lowest BCUT2D eigenvalue weighted by Crippen LogP contribution is -2.26. The van der Waals surface area contributed by atoms with Crippen LogP contribution >= 0.6 is 0 Å². The third-order valence-corrected chi connectivity index (χ3v) is 4.19. The lowest BCUT2D eigenvalue weighted by molar-refractivity contribution is -0.385. The van der Waals surface area contributed by atoms with Gasteiger partial charge in [0, 0.05) is 28.9 Å². The first kappa shape index (κ1) is 18.7. The number of amides is 1. The fraction of sp³-hybridized carbons (Fsp3) is 0.0500. The van der Waals surface area contributed by atoms with Crippen molar-refractivity contribution in [2.24, 2.45) is 0 Å². The van der Waals surface area contributed by atoms with Gasteiger partial charge in [0.2, 0.25) is 0 Å². The molecule has 140 valence electrons. The fourth-order valence-electron chi connectivity index (χ4n) is 2.82. The van der Waals surface area contributed by atoms with Crippen LogP contribution in [0.25, 0.3) is 0 Å². The van der Waals surface area contributed by atoms with Crippen LogP contribution in [0.2, 0.25) is 0 Å². The minimum Gasteiger partial charge on any atom is -0.270 e. The molecule has 0 saturated carbocycles. The number of para-hydroxylation sites is 3. The maximum atomic E-state index is 13.3. The van der Waals surface area contributed by atoms with Crippen molar-refractivity contribution in [3.63, 3.8) is 0 Å². The second kappa shape index (κ2) is 7.67. The molecule has 0 heterocycles. The molecule has 28 heavy (non-hydrogen) atoms. The lowest BCUT2D eigenvalue weighted by Gasteiger charge is -2.23. The van der Waals surface area contributed by atoms with Gasteiger partial charge in [-0.3, -0.25) is 29.9 Å². The van der Waals surface area contributed by atoms with Gasteiger partial charge in [0.25, 0.3) is 17.3 Å². The first-order valence-corrected chi connectivity index (χ1v) is 8.28. The number of hydrogen-bond donors (Lipinski definition) is 0. The zero-order valence-electron chi connectivity index (χ0n) is 14.8. The Labute approximate surface area is 160 Å². The molecule has 0 spiro atoms. The maximum absolute atomic E-state index is 13.3. The highest BCUT2D eigenvalue weighted by atomic mass is 16.6. The Morgan fingerprint density at radius 1 is 0.821 bits per heavy atom. The van der Waals surface area contributed by atoms with E-state index >= 15 is 0 Å². The third-order valence-electron chi connectivity index (χ3n) is 4.19. The van der Waals surface area contributed by atoms with Crippen LogP contribution in [-0.2, 0) is 0 Å². The van der Waals surface area contributed by atoms with Gasteiger partial charge in [0.15, 0.2) is 0 Å². The standard InChI is InChI=1S/C20H15N3O5/c1-14-11-12-15(13-19(14)23(27)28)20(24)21(16-7-3-2-4-8-16)17-9-5-6-10-18(17)22(25)26/h2-13H,1H3. The Hall–Kier alpha value is -4.07. The van der Waals surface area contributed by atoms with Gasteiger partial charge in [-0.05, 0) is 31.2 Å². The SMILES string of the molecule is Cc1ccc(C(=O)N(c2ccccc2)c2ccccc2[N+](=O)[O-])cc1[N+](=O)[O-]. The average molecular weight is 377 g/mol. The molecular formula is C20H15N3O5. The Morgan fingerprint density at radius 3 is 2.07 bits per heavy atom. The van der Waals surface area contributed by atoms with Crippen LogP contribution in [0.3, 0.4) is 0 Å². The van der Waals surface area contributed by atoms with Crippen molar-refractivity contribution in [1.82, 2.24) is 0 Å². The average Bonchev–Trinajstić information content (AvgIpc) is 2.69. The van der Waals surface area contributed by atoms with Crippen LogP contribution in [0.1, 0.15) is 15.9 Å². The second-order valence-corrected chi connectivity index (χ2v) is 5.98. The summed E-state index contributed by atoms with van der Waals surface area (Å²) < 4.78 is 0. The number of nitrogens with zero attached hydrogens (tertiary/aromatic N) is 3. The van der Waals surface area contributed by atoms with Gasteiger partial charge in [0.05, 0.1) is 9.85 Å². The van der Waals surface area contributed by atoms with Crippen molar-refractivity contribution in [3.05, 3.63) is 104 Å².